The quantitative estimate of drug-likeness (QED) is 0.747. The van der Waals surface area contributed by atoms with Crippen molar-refractivity contribution in [3.05, 3.63) is 35.4 Å². The molecule has 4 heteroatoms. The summed E-state index contributed by atoms with van der Waals surface area (Å²) in [5.74, 6) is 0.110. The largest absolute Gasteiger partial charge is 0.359 e. The molecule has 0 bridgehead atoms. The Morgan fingerprint density at radius 3 is 2.58 bits per heavy atom. The number of carbonyl (C=O) groups is 1. The standard InChI is InChI=1S/C15H25N3O/c1-3-18(10-6-9-15(19)17-2)12-14-8-5-4-7-13(14)11-16/h4-5,7-8H,3,6,9-12,16H2,1-2H3,(H,17,19). The molecule has 0 aliphatic carbocycles. The molecule has 0 saturated carbocycles. The normalized spacial score (nSPS) is 10.7. The van der Waals surface area contributed by atoms with Gasteiger partial charge in [0.2, 0.25) is 5.91 Å². The minimum atomic E-state index is 0.110. The molecule has 1 aromatic carbocycles. The smallest absolute Gasteiger partial charge is 0.219 e. The van der Waals surface area contributed by atoms with Gasteiger partial charge in [-0.1, -0.05) is 31.2 Å². The van der Waals surface area contributed by atoms with Gasteiger partial charge in [0.25, 0.3) is 0 Å². The number of amides is 1. The Labute approximate surface area is 116 Å². The number of nitrogens with one attached hydrogen (secondary N) is 1. The van der Waals surface area contributed by atoms with Crippen LogP contribution < -0.4 is 11.1 Å². The maximum absolute atomic E-state index is 11.2. The molecule has 0 aliphatic rings. The molecular formula is C15H25N3O. The first-order valence-electron chi connectivity index (χ1n) is 6.91. The van der Waals surface area contributed by atoms with Crippen molar-refractivity contribution in [3.63, 3.8) is 0 Å². The molecule has 0 unspecified atom stereocenters. The van der Waals surface area contributed by atoms with Gasteiger partial charge in [-0.15, -0.1) is 0 Å². The molecule has 0 fully saturated rings. The summed E-state index contributed by atoms with van der Waals surface area (Å²) >= 11 is 0. The van der Waals surface area contributed by atoms with Gasteiger partial charge >= 0.3 is 0 Å². The van der Waals surface area contributed by atoms with Gasteiger partial charge in [-0.3, -0.25) is 9.69 Å². The summed E-state index contributed by atoms with van der Waals surface area (Å²) in [5, 5.41) is 2.65. The predicted octanol–water partition coefficient (Wildman–Crippen LogP) is 1.49. The number of benzene rings is 1. The van der Waals surface area contributed by atoms with E-state index in [2.05, 4.69) is 29.3 Å². The first-order valence-corrected chi connectivity index (χ1v) is 6.91. The third-order valence-electron chi connectivity index (χ3n) is 3.34. The van der Waals surface area contributed by atoms with Gasteiger partial charge in [0.05, 0.1) is 0 Å². The molecule has 19 heavy (non-hydrogen) atoms. The fourth-order valence-electron chi connectivity index (χ4n) is 2.09. The van der Waals surface area contributed by atoms with Gasteiger partial charge in [0.15, 0.2) is 0 Å². The average molecular weight is 263 g/mol. The Bertz CT molecular complexity index is 393. The molecule has 0 radical (unpaired) electrons. The lowest BCUT2D eigenvalue weighted by atomic mass is 10.1. The highest BCUT2D eigenvalue weighted by Crippen LogP contribution is 2.11. The monoisotopic (exact) mass is 263 g/mol. The Kier molecular flexibility index (Phi) is 7.15. The summed E-state index contributed by atoms with van der Waals surface area (Å²) in [7, 11) is 1.68. The highest BCUT2D eigenvalue weighted by molar-refractivity contribution is 5.75. The summed E-state index contributed by atoms with van der Waals surface area (Å²) in [6.45, 7) is 5.53. The van der Waals surface area contributed by atoms with Crippen molar-refractivity contribution >= 4 is 5.91 Å². The van der Waals surface area contributed by atoms with Crippen molar-refractivity contribution in [3.8, 4) is 0 Å². The van der Waals surface area contributed by atoms with Crippen LogP contribution in [-0.2, 0) is 17.9 Å². The van der Waals surface area contributed by atoms with Crippen molar-refractivity contribution < 1.29 is 4.79 Å². The van der Waals surface area contributed by atoms with Gasteiger partial charge in [0, 0.05) is 26.6 Å². The van der Waals surface area contributed by atoms with E-state index >= 15 is 0 Å². The van der Waals surface area contributed by atoms with E-state index in [1.807, 2.05) is 12.1 Å². The number of hydrogen-bond acceptors (Lipinski definition) is 3. The first kappa shape index (κ1) is 15.7. The van der Waals surface area contributed by atoms with Gasteiger partial charge in [-0.2, -0.15) is 0 Å². The van der Waals surface area contributed by atoms with Gasteiger partial charge in [0.1, 0.15) is 0 Å². The molecule has 1 rings (SSSR count). The summed E-state index contributed by atoms with van der Waals surface area (Å²) in [6.07, 6.45) is 1.48. The minimum Gasteiger partial charge on any atom is -0.359 e. The van der Waals surface area contributed by atoms with Crippen molar-refractivity contribution in [2.24, 2.45) is 5.73 Å². The number of nitrogens with two attached hydrogens (primary N) is 1. The highest BCUT2D eigenvalue weighted by atomic mass is 16.1. The van der Waals surface area contributed by atoms with E-state index in [1.165, 1.54) is 11.1 Å². The second-order valence-corrected chi connectivity index (χ2v) is 4.62. The molecule has 4 nitrogen and oxygen atoms in total. The second kappa shape index (κ2) is 8.67. The Morgan fingerprint density at radius 2 is 2.00 bits per heavy atom. The van der Waals surface area contributed by atoms with E-state index < -0.39 is 0 Å². The molecule has 0 saturated heterocycles. The Hall–Kier alpha value is -1.39. The van der Waals surface area contributed by atoms with Gasteiger partial charge < -0.3 is 11.1 Å². The zero-order valence-corrected chi connectivity index (χ0v) is 12.0. The molecule has 3 N–H and O–H groups in total. The molecule has 1 aromatic rings. The van der Waals surface area contributed by atoms with E-state index in [4.69, 9.17) is 5.73 Å². The van der Waals surface area contributed by atoms with E-state index in [9.17, 15) is 4.79 Å². The van der Waals surface area contributed by atoms with Crippen LogP contribution in [-0.4, -0.2) is 30.9 Å². The third-order valence-corrected chi connectivity index (χ3v) is 3.34. The molecule has 106 valence electrons. The SMILES string of the molecule is CCN(CCCC(=O)NC)Cc1ccccc1CN. The fourth-order valence-corrected chi connectivity index (χ4v) is 2.09. The van der Waals surface area contributed by atoms with Crippen LogP contribution in [0, 0.1) is 0 Å². The summed E-state index contributed by atoms with van der Waals surface area (Å²) in [4.78, 5) is 13.5. The van der Waals surface area contributed by atoms with Crippen LogP contribution in [0.5, 0.6) is 0 Å². The van der Waals surface area contributed by atoms with Gasteiger partial charge in [-0.25, -0.2) is 0 Å². The highest BCUT2D eigenvalue weighted by Gasteiger charge is 2.07. The topological polar surface area (TPSA) is 58.4 Å². The molecule has 0 aromatic heterocycles. The van der Waals surface area contributed by atoms with Crippen molar-refractivity contribution in [2.45, 2.75) is 32.9 Å². The number of carbonyl (C=O) groups excluding carboxylic acids is 1. The van der Waals surface area contributed by atoms with Crippen molar-refractivity contribution in [2.75, 3.05) is 20.1 Å². The average Bonchev–Trinajstić information content (AvgIpc) is 2.46. The number of nitrogens with zero attached hydrogens (tertiary/aromatic N) is 1. The van der Waals surface area contributed by atoms with E-state index in [-0.39, 0.29) is 5.91 Å². The molecule has 0 spiro atoms. The van der Waals surface area contributed by atoms with Crippen molar-refractivity contribution in [1.82, 2.24) is 10.2 Å². The molecule has 0 heterocycles. The van der Waals surface area contributed by atoms with Crippen LogP contribution in [0.25, 0.3) is 0 Å². The van der Waals surface area contributed by atoms with Crippen LogP contribution in [0.15, 0.2) is 24.3 Å². The predicted molar refractivity (Wildman–Crippen MR) is 78.6 cm³/mol. The van der Waals surface area contributed by atoms with Crippen molar-refractivity contribution in [1.29, 1.82) is 0 Å². The Morgan fingerprint density at radius 1 is 1.32 bits per heavy atom. The van der Waals surface area contributed by atoms with Crippen LogP contribution >= 0.6 is 0 Å². The molecule has 0 atom stereocenters. The lowest BCUT2D eigenvalue weighted by Gasteiger charge is -2.21. The van der Waals surface area contributed by atoms with Crippen LogP contribution in [0.3, 0.4) is 0 Å². The van der Waals surface area contributed by atoms with Gasteiger partial charge in [-0.05, 0) is 30.6 Å². The molecular weight excluding hydrogens is 238 g/mol. The third kappa shape index (κ3) is 5.41. The second-order valence-electron chi connectivity index (χ2n) is 4.62. The lowest BCUT2D eigenvalue weighted by molar-refractivity contribution is -0.120. The van der Waals surface area contributed by atoms with E-state index in [0.717, 1.165) is 26.1 Å². The van der Waals surface area contributed by atoms with E-state index in [0.29, 0.717) is 13.0 Å². The first-order chi connectivity index (χ1) is 9.21. The fraction of sp³-hybridized carbons (Fsp3) is 0.533. The lowest BCUT2D eigenvalue weighted by Crippen LogP contribution is -2.26. The minimum absolute atomic E-state index is 0.110. The van der Waals surface area contributed by atoms with Crippen LogP contribution in [0.2, 0.25) is 0 Å². The van der Waals surface area contributed by atoms with Crippen LogP contribution in [0.4, 0.5) is 0 Å². The maximum Gasteiger partial charge on any atom is 0.219 e. The number of rotatable bonds is 8. The Balaban J connectivity index is 2.49. The molecule has 0 aliphatic heterocycles. The van der Waals surface area contributed by atoms with E-state index in [1.54, 1.807) is 7.05 Å². The van der Waals surface area contributed by atoms with Crippen LogP contribution in [0.1, 0.15) is 30.9 Å². The summed E-state index contributed by atoms with van der Waals surface area (Å²) in [6, 6.07) is 8.28. The summed E-state index contributed by atoms with van der Waals surface area (Å²) in [5.41, 5.74) is 8.24. The molecule has 1 amide bonds. The zero-order chi connectivity index (χ0) is 14.1. The number of hydrogen-bond donors (Lipinski definition) is 2. The summed E-state index contributed by atoms with van der Waals surface area (Å²) < 4.78 is 0. The maximum atomic E-state index is 11.2. The zero-order valence-electron chi connectivity index (χ0n) is 12.0.